The van der Waals surface area contributed by atoms with Crippen molar-refractivity contribution in [2.75, 3.05) is 31.1 Å². The monoisotopic (exact) mass is 423 g/mol. The molecule has 1 saturated heterocycles. The van der Waals surface area contributed by atoms with Crippen molar-refractivity contribution in [3.05, 3.63) is 59.3 Å². The van der Waals surface area contributed by atoms with Crippen LogP contribution in [0.3, 0.4) is 0 Å². The average Bonchev–Trinajstić information content (AvgIpc) is 3.15. The Kier molecular flexibility index (Phi) is 5.67. The van der Waals surface area contributed by atoms with Crippen LogP contribution >= 0.6 is 0 Å². The van der Waals surface area contributed by atoms with Crippen LogP contribution in [-0.2, 0) is 0 Å². The lowest BCUT2D eigenvalue weighted by Crippen LogP contribution is -2.49. The number of aryl methyl sites for hydroxylation is 2. The summed E-state index contributed by atoms with van der Waals surface area (Å²) in [5.74, 6) is 2.19. The molecule has 1 fully saturated rings. The first kappa shape index (κ1) is 20.9. The molecule has 2 aromatic heterocycles. The van der Waals surface area contributed by atoms with Crippen LogP contribution in [-0.4, -0.2) is 61.7 Å². The fraction of sp³-hybridized carbons (Fsp3) is 0.409. The summed E-state index contributed by atoms with van der Waals surface area (Å²) in [5.41, 5.74) is 1.61. The van der Waals surface area contributed by atoms with Gasteiger partial charge in [-0.05, 0) is 38.1 Å². The molecule has 3 heterocycles. The number of hydrogen-bond acceptors (Lipinski definition) is 6. The van der Waals surface area contributed by atoms with Crippen LogP contribution in [0.1, 0.15) is 47.7 Å². The maximum Gasteiger partial charge on any atom is 0.293 e. The van der Waals surface area contributed by atoms with Gasteiger partial charge in [0, 0.05) is 43.9 Å². The lowest BCUT2D eigenvalue weighted by molar-refractivity contribution is 0.0734. The third kappa shape index (κ3) is 4.40. The Morgan fingerprint density at radius 2 is 1.68 bits per heavy atom. The first-order valence-electron chi connectivity index (χ1n) is 10.4. The van der Waals surface area contributed by atoms with E-state index in [-0.39, 0.29) is 23.5 Å². The highest BCUT2D eigenvalue weighted by Gasteiger charge is 2.26. The van der Waals surface area contributed by atoms with E-state index in [9.17, 15) is 9.18 Å². The van der Waals surface area contributed by atoms with Crippen molar-refractivity contribution < 1.29 is 9.18 Å². The topological polar surface area (TPSA) is 80.0 Å². The molecule has 0 atom stereocenters. The van der Waals surface area contributed by atoms with Gasteiger partial charge in [-0.3, -0.25) is 4.79 Å². The number of halogens is 1. The first-order chi connectivity index (χ1) is 14.8. The number of carbonyl (C=O) groups excluding carboxylic acids is 1. The summed E-state index contributed by atoms with van der Waals surface area (Å²) in [6, 6.07) is 7.92. The fourth-order valence-electron chi connectivity index (χ4n) is 3.58. The highest BCUT2D eigenvalue weighted by atomic mass is 19.1. The van der Waals surface area contributed by atoms with E-state index >= 15 is 0 Å². The van der Waals surface area contributed by atoms with Gasteiger partial charge in [0.25, 0.3) is 5.91 Å². The quantitative estimate of drug-likeness (QED) is 0.642. The smallest absolute Gasteiger partial charge is 0.293 e. The van der Waals surface area contributed by atoms with Crippen LogP contribution in [0.5, 0.6) is 0 Å². The molecule has 0 unspecified atom stereocenters. The normalized spacial score (nSPS) is 14.4. The Hall–Kier alpha value is -3.36. The molecule has 1 aromatic carbocycles. The predicted molar refractivity (Wildman–Crippen MR) is 115 cm³/mol. The van der Waals surface area contributed by atoms with E-state index in [2.05, 4.69) is 33.8 Å². The van der Waals surface area contributed by atoms with E-state index in [1.54, 1.807) is 28.6 Å². The largest absolute Gasteiger partial charge is 0.353 e. The number of carbonyl (C=O) groups is 1. The molecule has 1 amide bonds. The van der Waals surface area contributed by atoms with E-state index in [0.29, 0.717) is 37.7 Å². The highest BCUT2D eigenvalue weighted by Crippen LogP contribution is 2.19. The lowest BCUT2D eigenvalue weighted by atomic mass is 10.2. The van der Waals surface area contributed by atoms with Crippen LogP contribution in [0, 0.1) is 19.7 Å². The molecule has 0 aliphatic carbocycles. The molecule has 0 N–H and O–H groups in total. The number of amides is 1. The summed E-state index contributed by atoms with van der Waals surface area (Å²) < 4.78 is 14.8. The summed E-state index contributed by atoms with van der Waals surface area (Å²) in [7, 11) is 0. The van der Waals surface area contributed by atoms with Gasteiger partial charge >= 0.3 is 0 Å². The zero-order valence-corrected chi connectivity index (χ0v) is 18.2. The number of aromatic nitrogens is 5. The second-order valence-electron chi connectivity index (χ2n) is 8.03. The SMILES string of the molecule is Cc1cc(N2CCN(C(=O)c3nc(C)n(-c4ccc(F)cc4)n3)CC2)nc(C(C)C)n1. The minimum absolute atomic E-state index is 0.148. The molecule has 3 aromatic rings. The van der Waals surface area contributed by atoms with Crippen molar-refractivity contribution in [2.45, 2.75) is 33.6 Å². The predicted octanol–water partition coefficient (Wildman–Crippen LogP) is 2.90. The fourth-order valence-corrected chi connectivity index (χ4v) is 3.58. The number of anilines is 1. The molecule has 0 radical (unpaired) electrons. The van der Waals surface area contributed by atoms with E-state index in [1.165, 1.54) is 12.1 Å². The highest BCUT2D eigenvalue weighted by molar-refractivity contribution is 5.90. The molecule has 0 saturated carbocycles. The van der Waals surface area contributed by atoms with Crippen LogP contribution in [0.15, 0.2) is 30.3 Å². The Morgan fingerprint density at radius 3 is 2.32 bits per heavy atom. The number of benzene rings is 1. The molecule has 0 spiro atoms. The minimum Gasteiger partial charge on any atom is -0.353 e. The molecule has 4 rings (SSSR count). The van der Waals surface area contributed by atoms with Crippen LogP contribution in [0.2, 0.25) is 0 Å². The molecule has 0 bridgehead atoms. The summed E-state index contributed by atoms with van der Waals surface area (Å²) in [6.45, 7) is 10.4. The average molecular weight is 423 g/mol. The Balaban J connectivity index is 1.45. The van der Waals surface area contributed by atoms with Gasteiger partial charge in [0.1, 0.15) is 23.3 Å². The van der Waals surface area contributed by atoms with Crippen molar-refractivity contribution in [2.24, 2.45) is 0 Å². The standard InChI is InChI=1S/C22H26FN7O/c1-14(2)20-24-15(3)13-19(26-20)28-9-11-29(12-10-28)22(31)21-25-16(4)30(27-21)18-7-5-17(23)6-8-18/h5-8,13-14H,9-12H2,1-4H3. The maximum atomic E-state index is 13.2. The van der Waals surface area contributed by atoms with Crippen LogP contribution < -0.4 is 4.90 Å². The van der Waals surface area contributed by atoms with E-state index in [1.807, 2.05) is 13.0 Å². The second kappa shape index (κ2) is 8.41. The third-order valence-electron chi connectivity index (χ3n) is 5.30. The van der Waals surface area contributed by atoms with E-state index in [4.69, 9.17) is 4.98 Å². The molecule has 8 nitrogen and oxygen atoms in total. The number of rotatable bonds is 4. The van der Waals surface area contributed by atoms with E-state index in [0.717, 1.165) is 17.3 Å². The maximum absolute atomic E-state index is 13.2. The summed E-state index contributed by atoms with van der Waals surface area (Å²) in [5, 5.41) is 4.36. The molecule has 1 aliphatic rings. The van der Waals surface area contributed by atoms with Gasteiger partial charge in [-0.15, -0.1) is 5.10 Å². The number of hydrogen-bond donors (Lipinski definition) is 0. The number of nitrogens with zero attached hydrogens (tertiary/aromatic N) is 7. The first-order valence-corrected chi connectivity index (χ1v) is 10.4. The van der Waals surface area contributed by atoms with Crippen molar-refractivity contribution in [3.63, 3.8) is 0 Å². The Morgan fingerprint density at radius 1 is 1.00 bits per heavy atom. The van der Waals surface area contributed by atoms with Gasteiger partial charge in [-0.25, -0.2) is 24.0 Å². The van der Waals surface area contributed by atoms with Gasteiger partial charge in [0.15, 0.2) is 0 Å². The van der Waals surface area contributed by atoms with Gasteiger partial charge in [-0.2, -0.15) is 0 Å². The molecular formula is C22H26FN7O. The lowest BCUT2D eigenvalue weighted by Gasteiger charge is -2.35. The Bertz CT molecular complexity index is 1090. The van der Waals surface area contributed by atoms with Crippen molar-refractivity contribution in [1.29, 1.82) is 0 Å². The molecular weight excluding hydrogens is 397 g/mol. The van der Waals surface area contributed by atoms with Gasteiger partial charge in [0.05, 0.1) is 5.69 Å². The summed E-state index contributed by atoms with van der Waals surface area (Å²) in [4.78, 5) is 30.5. The molecule has 1 aliphatic heterocycles. The van der Waals surface area contributed by atoms with Gasteiger partial charge in [-0.1, -0.05) is 13.8 Å². The summed E-state index contributed by atoms with van der Waals surface area (Å²) in [6.07, 6.45) is 0. The number of piperazine rings is 1. The second-order valence-corrected chi connectivity index (χ2v) is 8.03. The van der Waals surface area contributed by atoms with Crippen molar-refractivity contribution in [3.8, 4) is 5.69 Å². The minimum atomic E-state index is -0.324. The third-order valence-corrected chi connectivity index (χ3v) is 5.30. The zero-order valence-electron chi connectivity index (χ0n) is 18.2. The summed E-state index contributed by atoms with van der Waals surface area (Å²) >= 11 is 0. The van der Waals surface area contributed by atoms with Crippen molar-refractivity contribution >= 4 is 11.7 Å². The van der Waals surface area contributed by atoms with Crippen LogP contribution in [0.25, 0.3) is 5.69 Å². The van der Waals surface area contributed by atoms with Gasteiger partial charge in [0.2, 0.25) is 5.82 Å². The van der Waals surface area contributed by atoms with Gasteiger partial charge < -0.3 is 9.80 Å². The zero-order chi connectivity index (χ0) is 22.1. The van der Waals surface area contributed by atoms with Crippen molar-refractivity contribution in [1.82, 2.24) is 29.6 Å². The molecule has 31 heavy (non-hydrogen) atoms. The van der Waals surface area contributed by atoms with Crippen LogP contribution in [0.4, 0.5) is 10.2 Å². The Labute approximate surface area is 180 Å². The molecule has 162 valence electrons. The molecule has 9 heteroatoms. The van der Waals surface area contributed by atoms with E-state index < -0.39 is 0 Å².